The molecule has 3 aromatic heterocycles. The number of ether oxygens (including phenoxy) is 2. The Labute approximate surface area is 195 Å². The number of rotatable bonds is 7. The average Bonchev–Trinajstić information content (AvgIpc) is 2.87. The van der Waals surface area contributed by atoms with Crippen LogP contribution in [-0.2, 0) is 17.9 Å². The highest BCUT2D eigenvalue weighted by Gasteiger charge is 2.21. The Morgan fingerprint density at radius 1 is 1.15 bits per heavy atom. The predicted molar refractivity (Wildman–Crippen MR) is 123 cm³/mol. The van der Waals surface area contributed by atoms with Crippen LogP contribution in [0.4, 0.5) is 5.82 Å². The van der Waals surface area contributed by atoms with Crippen LogP contribution in [0.15, 0.2) is 29.3 Å². The van der Waals surface area contributed by atoms with Crippen molar-refractivity contribution in [2.45, 2.75) is 32.0 Å². The first-order chi connectivity index (χ1) is 16.6. The van der Waals surface area contributed by atoms with Gasteiger partial charge in [-0.2, -0.15) is 4.98 Å². The minimum absolute atomic E-state index is 0.0332. The molecule has 2 aliphatic heterocycles. The number of hydrogen-bond acceptors (Lipinski definition) is 10. The molecule has 1 saturated heterocycles. The van der Waals surface area contributed by atoms with E-state index in [0.29, 0.717) is 47.9 Å². The summed E-state index contributed by atoms with van der Waals surface area (Å²) in [4.78, 5) is 43.5. The summed E-state index contributed by atoms with van der Waals surface area (Å²) >= 11 is 0. The summed E-state index contributed by atoms with van der Waals surface area (Å²) in [5.74, 6) is 0.957. The van der Waals surface area contributed by atoms with Gasteiger partial charge in [-0.3, -0.25) is 14.2 Å². The Morgan fingerprint density at radius 3 is 2.82 bits per heavy atom. The maximum Gasteiger partial charge on any atom is 0.270 e. The molecule has 12 nitrogen and oxygen atoms in total. The van der Waals surface area contributed by atoms with Crippen molar-refractivity contribution >= 4 is 22.9 Å². The molecule has 178 valence electrons. The zero-order valence-electron chi connectivity index (χ0n) is 18.9. The number of carbonyl (C=O) groups excluding carboxylic acids is 1. The molecule has 0 saturated carbocycles. The second-order valence-electron chi connectivity index (χ2n) is 8.29. The van der Waals surface area contributed by atoms with E-state index in [2.05, 4.69) is 35.5 Å². The highest BCUT2D eigenvalue weighted by molar-refractivity contribution is 5.93. The van der Waals surface area contributed by atoms with Crippen molar-refractivity contribution in [3.8, 4) is 11.8 Å². The number of nitrogens with zero attached hydrogens (tertiary/aromatic N) is 6. The van der Waals surface area contributed by atoms with Gasteiger partial charge in [-0.15, -0.1) is 0 Å². The molecule has 0 bridgehead atoms. The molecular formula is C22H26N8O4. The second kappa shape index (κ2) is 9.69. The van der Waals surface area contributed by atoms with Crippen LogP contribution in [0.25, 0.3) is 11.2 Å². The summed E-state index contributed by atoms with van der Waals surface area (Å²) in [6, 6.07) is 3.90. The lowest BCUT2D eigenvalue weighted by atomic mass is 10.0. The molecule has 3 aromatic rings. The Balaban J connectivity index is 1.13. The molecule has 2 aliphatic rings. The molecule has 0 radical (unpaired) electrons. The van der Waals surface area contributed by atoms with E-state index in [-0.39, 0.29) is 18.1 Å². The van der Waals surface area contributed by atoms with E-state index in [0.717, 1.165) is 38.2 Å². The second-order valence-corrected chi connectivity index (χ2v) is 8.29. The van der Waals surface area contributed by atoms with Gasteiger partial charge in [0, 0.05) is 31.7 Å². The number of aromatic nitrogens is 5. The maximum absolute atomic E-state index is 12.4. The van der Waals surface area contributed by atoms with Crippen LogP contribution in [0.1, 0.15) is 18.5 Å². The van der Waals surface area contributed by atoms with Crippen LogP contribution >= 0.6 is 0 Å². The Hall–Kier alpha value is -3.64. The van der Waals surface area contributed by atoms with Crippen LogP contribution < -0.4 is 25.7 Å². The van der Waals surface area contributed by atoms with Crippen LogP contribution in [-0.4, -0.2) is 74.7 Å². The molecule has 2 N–H and O–H groups in total. The quantitative estimate of drug-likeness (QED) is 0.496. The third-order valence-electron chi connectivity index (χ3n) is 6.06. The topological polar surface area (TPSA) is 136 Å². The van der Waals surface area contributed by atoms with Crippen LogP contribution in [0.2, 0.25) is 0 Å². The molecule has 5 rings (SSSR count). The van der Waals surface area contributed by atoms with Crippen molar-refractivity contribution in [1.82, 2.24) is 34.7 Å². The first-order valence-electron chi connectivity index (χ1n) is 11.2. The molecule has 0 aliphatic carbocycles. The lowest BCUT2D eigenvalue weighted by molar-refractivity contribution is -0.118. The minimum atomic E-state index is -0.226. The van der Waals surface area contributed by atoms with Crippen molar-refractivity contribution in [2.24, 2.45) is 0 Å². The van der Waals surface area contributed by atoms with Crippen molar-refractivity contribution in [3.63, 3.8) is 0 Å². The largest absolute Gasteiger partial charge is 0.481 e. The molecule has 0 aromatic carbocycles. The third-order valence-corrected chi connectivity index (χ3v) is 6.06. The van der Waals surface area contributed by atoms with Crippen molar-refractivity contribution in [3.05, 3.63) is 40.6 Å². The molecule has 34 heavy (non-hydrogen) atoms. The number of pyridine rings is 1. The van der Waals surface area contributed by atoms with Gasteiger partial charge in [0.25, 0.3) is 17.3 Å². The van der Waals surface area contributed by atoms with Gasteiger partial charge in [-0.05, 0) is 32.0 Å². The summed E-state index contributed by atoms with van der Waals surface area (Å²) in [7, 11) is 1.55. The summed E-state index contributed by atoms with van der Waals surface area (Å²) in [5, 5.41) is 6.21. The number of amides is 1. The highest BCUT2D eigenvalue weighted by atomic mass is 16.5. The zero-order chi connectivity index (χ0) is 23.5. The predicted octanol–water partition coefficient (Wildman–Crippen LogP) is 0.175. The van der Waals surface area contributed by atoms with Crippen LogP contribution in [0.5, 0.6) is 11.8 Å². The molecule has 0 spiro atoms. The SMILES string of the molecule is COc1ccc2ncc(=O)n(CCN3CCC(NCc4cnc5c(n4)NC(=O)CO5)CC3)c2n1. The maximum atomic E-state index is 12.4. The number of nitrogens with one attached hydrogen (secondary N) is 2. The van der Waals surface area contributed by atoms with Gasteiger partial charge in [-0.1, -0.05) is 0 Å². The highest BCUT2D eigenvalue weighted by Crippen LogP contribution is 2.22. The molecule has 0 unspecified atom stereocenters. The molecular weight excluding hydrogens is 440 g/mol. The standard InChI is InChI=1S/C22H26N8O4/c1-33-18-3-2-16-21(28-18)30(19(32)12-24-16)9-8-29-6-4-14(5-7-29)23-10-15-11-25-22-20(26-15)27-17(31)13-34-22/h2-3,11-12,14,23H,4-10,13H2,1H3,(H,26,27,31). The molecule has 1 amide bonds. The Bertz CT molecular complexity index is 1260. The lowest BCUT2D eigenvalue weighted by Gasteiger charge is -2.32. The number of fused-ring (bicyclic) bond motifs is 2. The van der Waals surface area contributed by atoms with E-state index in [1.54, 1.807) is 23.9 Å². The fourth-order valence-electron chi connectivity index (χ4n) is 4.19. The number of carbonyl (C=O) groups is 1. The van der Waals surface area contributed by atoms with Gasteiger partial charge in [0.1, 0.15) is 5.52 Å². The zero-order valence-corrected chi connectivity index (χ0v) is 18.9. The monoisotopic (exact) mass is 466 g/mol. The van der Waals surface area contributed by atoms with Crippen molar-refractivity contribution in [2.75, 3.05) is 38.7 Å². The van der Waals surface area contributed by atoms with E-state index in [1.165, 1.54) is 6.20 Å². The Kier molecular flexibility index (Phi) is 6.32. The van der Waals surface area contributed by atoms with Crippen molar-refractivity contribution < 1.29 is 14.3 Å². The van der Waals surface area contributed by atoms with E-state index >= 15 is 0 Å². The number of piperidine rings is 1. The third kappa shape index (κ3) is 4.82. The van der Waals surface area contributed by atoms with Gasteiger partial charge in [0.05, 0.1) is 25.2 Å². The Morgan fingerprint density at radius 2 is 2.00 bits per heavy atom. The lowest BCUT2D eigenvalue weighted by Crippen LogP contribution is -2.43. The van der Waals surface area contributed by atoms with Crippen LogP contribution in [0, 0.1) is 0 Å². The fourth-order valence-corrected chi connectivity index (χ4v) is 4.19. The first kappa shape index (κ1) is 22.2. The first-order valence-corrected chi connectivity index (χ1v) is 11.2. The normalized spacial score (nSPS) is 16.7. The summed E-state index contributed by atoms with van der Waals surface area (Å²) in [5.41, 5.74) is 1.78. The van der Waals surface area contributed by atoms with Gasteiger partial charge in [0.2, 0.25) is 5.88 Å². The van der Waals surface area contributed by atoms with E-state index in [9.17, 15) is 9.59 Å². The number of anilines is 1. The minimum Gasteiger partial charge on any atom is -0.481 e. The summed E-state index contributed by atoms with van der Waals surface area (Å²) in [6.45, 7) is 3.66. The number of hydrogen-bond donors (Lipinski definition) is 2. The number of likely N-dealkylation sites (tertiary alicyclic amines) is 1. The van der Waals surface area contributed by atoms with E-state index in [1.807, 2.05) is 6.07 Å². The summed E-state index contributed by atoms with van der Waals surface area (Å²) < 4.78 is 12.1. The number of methoxy groups -OCH3 is 1. The fraction of sp³-hybridized carbons (Fsp3) is 0.455. The molecule has 5 heterocycles. The smallest absolute Gasteiger partial charge is 0.270 e. The van der Waals surface area contributed by atoms with Gasteiger partial charge in [0.15, 0.2) is 18.1 Å². The summed E-state index contributed by atoms with van der Waals surface area (Å²) in [6.07, 6.45) is 4.97. The average molecular weight is 467 g/mol. The van der Waals surface area contributed by atoms with E-state index in [4.69, 9.17) is 9.47 Å². The molecule has 1 fully saturated rings. The van der Waals surface area contributed by atoms with Crippen LogP contribution in [0.3, 0.4) is 0 Å². The molecule has 12 heteroatoms. The van der Waals surface area contributed by atoms with E-state index < -0.39 is 0 Å². The van der Waals surface area contributed by atoms with Crippen molar-refractivity contribution in [1.29, 1.82) is 0 Å². The molecule has 0 atom stereocenters. The van der Waals surface area contributed by atoms with Gasteiger partial charge in [-0.25, -0.2) is 15.0 Å². The van der Waals surface area contributed by atoms with Gasteiger partial charge < -0.3 is 25.0 Å². The van der Waals surface area contributed by atoms with Gasteiger partial charge >= 0.3 is 0 Å².